The largest absolute Gasteiger partial charge is 0.364 e. The summed E-state index contributed by atoms with van der Waals surface area (Å²) < 4.78 is 6.67. The van der Waals surface area contributed by atoms with Crippen LogP contribution < -0.4 is 0 Å². The van der Waals surface area contributed by atoms with Gasteiger partial charge in [0.1, 0.15) is 12.0 Å². The van der Waals surface area contributed by atoms with E-state index < -0.39 is 0 Å². The monoisotopic (exact) mass is 283 g/mol. The second kappa shape index (κ2) is 5.88. The van der Waals surface area contributed by atoms with Crippen LogP contribution in [0.1, 0.15) is 24.4 Å². The van der Waals surface area contributed by atoms with E-state index in [9.17, 15) is 0 Å². The van der Waals surface area contributed by atoms with Gasteiger partial charge in [-0.25, -0.2) is 4.68 Å². The lowest BCUT2D eigenvalue weighted by Crippen LogP contribution is -2.22. The number of aromatic nitrogens is 4. The first kappa shape index (κ1) is 13.5. The first-order chi connectivity index (χ1) is 10.2. The van der Waals surface area contributed by atoms with Crippen LogP contribution >= 0.6 is 0 Å². The third kappa shape index (κ3) is 3.00. The topological polar surface area (TPSA) is 60.0 Å². The highest BCUT2D eigenvalue weighted by atomic mass is 16.5. The summed E-state index contributed by atoms with van der Waals surface area (Å²) in [5.41, 5.74) is 2.83. The lowest BCUT2D eigenvalue weighted by Gasteiger charge is -2.21. The van der Waals surface area contributed by atoms with Crippen LogP contribution in [0.4, 0.5) is 0 Å². The maximum absolute atomic E-state index is 4.89. The SMILES string of the molecule is CC(c1ccon1)N(C)Cc1cn(-c2ccccc2)nn1. The zero-order chi connectivity index (χ0) is 14.7. The fraction of sp³-hybridized carbons (Fsp3) is 0.267. The fourth-order valence-electron chi connectivity index (χ4n) is 2.13. The third-order valence-corrected chi connectivity index (χ3v) is 3.52. The molecule has 108 valence electrons. The molecule has 0 aliphatic heterocycles. The first-order valence-electron chi connectivity index (χ1n) is 6.81. The van der Waals surface area contributed by atoms with Gasteiger partial charge in [-0.3, -0.25) is 4.90 Å². The molecule has 0 fully saturated rings. The highest BCUT2D eigenvalue weighted by Gasteiger charge is 2.16. The summed E-state index contributed by atoms with van der Waals surface area (Å²) in [6, 6.07) is 12.0. The maximum Gasteiger partial charge on any atom is 0.124 e. The van der Waals surface area contributed by atoms with Crippen molar-refractivity contribution in [2.45, 2.75) is 19.5 Å². The molecule has 1 atom stereocenters. The molecule has 1 unspecified atom stereocenters. The zero-order valence-electron chi connectivity index (χ0n) is 12.0. The predicted molar refractivity (Wildman–Crippen MR) is 77.7 cm³/mol. The molecule has 0 aliphatic rings. The lowest BCUT2D eigenvalue weighted by atomic mass is 10.2. The summed E-state index contributed by atoms with van der Waals surface area (Å²) in [6.45, 7) is 2.78. The Kier molecular flexibility index (Phi) is 3.79. The van der Waals surface area contributed by atoms with Gasteiger partial charge in [-0.1, -0.05) is 28.6 Å². The van der Waals surface area contributed by atoms with Crippen molar-refractivity contribution in [3.05, 3.63) is 60.2 Å². The van der Waals surface area contributed by atoms with Gasteiger partial charge in [0, 0.05) is 12.6 Å². The van der Waals surface area contributed by atoms with Gasteiger partial charge >= 0.3 is 0 Å². The second-order valence-corrected chi connectivity index (χ2v) is 5.01. The van der Waals surface area contributed by atoms with Crippen molar-refractivity contribution in [1.29, 1.82) is 0 Å². The number of hydrogen-bond donors (Lipinski definition) is 0. The van der Waals surface area contributed by atoms with Crippen molar-refractivity contribution in [3.8, 4) is 5.69 Å². The van der Waals surface area contributed by atoms with Crippen molar-refractivity contribution in [2.24, 2.45) is 0 Å². The van der Waals surface area contributed by atoms with E-state index in [1.165, 1.54) is 0 Å². The maximum atomic E-state index is 4.89. The van der Waals surface area contributed by atoms with E-state index in [1.807, 2.05) is 49.6 Å². The van der Waals surface area contributed by atoms with E-state index in [0.29, 0.717) is 6.54 Å². The molecular weight excluding hydrogens is 266 g/mol. The molecule has 3 aromatic rings. The average Bonchev–Trinajstić information content (AvgIpc) is 3.19. The summed E-state index contributed by atoms with van der Waals surface area (Å²) in [7, 11) is 2.03. The molecule has 1 aromatic carbocycles. The first-order valence-corrected chi connectivity index (χ1v) is 6.81. The van der Waals surface area contributed by atoms with E-state index in [0.717, 1.165) is 17.1 Å². The van der Waals surface area contributed by atoms with Crippen LogP contribution in [-0.4, -0.2) is 32.1 Å². The van der Waals surface area contributed by atoms with Gasteiger partial charge in [0.15, 0.2) is 0 Å². The third-order valence-electron chi connectivity index (χ3n) is 3.52. The van der Waals surface area contributed by atoms with Crippen LogP contribution in [0.5, 0.6) is 0 Å². The van der Waals surface area contributed by atoms with Crippen LogP contribution in [0, 0.1) is 0 Å². The van der Waals surface area contributed by atoms with Gasteiger partial charge < -0.3 is 4.52 Å². The predicted octanol–water partition coefficient (Wildman–Crippen LogP) is 2.45. The van der Waals surface area contributed by atoms with Crippen molar-refractivity contribution in [1.82, 2.24) is 25.1 Å². The smallest absolute Gasteiger partial charge is 0.124 e. The minimum Gasteiger partial charge on any atom is -0.364 e. The number of nitrogens with zero attached hydrogens (tertiary/aromatic N) is 5. The van der Waals surface area contributed by atoms with Crippen LogP contribution in [0.15, 0.2) is 53.4 Å². The Morgan fingerprint density at radius 1 is 1.24 bits per heavy atom. The van der Waals surface area contributed by atoms with Gasteiger partial charge in [-0.05, 0) is 26.1 Å². The highest BCUT2D eigenvalue weighted by Crippen LogP contribution is 2.18. The zero-order valence-corrected chi connectivity index (χ0v) is 12.0. The van der Waals surface area contributed by atoms with Gasteiger partial charge in [0.2, 0.25) is 0 Å². The minimum atomic E-state index is 0.158. The molecule has 2 heterocycles. The normalized spacial score (nSPS) is 12.7. The van der Waals surface area contributed by atoms with E-state index in [2.05, 4.69) is 27.3 Å². The summed E-state index contributed by atoms with van der Waals surface area (Å²) in [4.78, 5) is 2.15. The molecule has 6 nitrogen and oxygen atoms in total. The Labute approximate surface area is 123 Å². The molecule has 0 radical (unpaired) electrons. The second-order valence-electron chi connectivity index (χ2n) is 5.01. The molecule has 0 saturated carbocycles. The van der Waals surface area contributed by atoms with Crippen LogP contribution in [-0.2, 0) is 6.54 Å². The van der Waals surface area contributed by atoms with Crippen molar-refractivity contribution in [2.75, 3.05) is 7.05 Å². The molecule has 2 aromatic heterocycles. The van der Waals surface area contributed by atoms with Crippen molar-refractivity contribution in [3.63, 3.8) is 0 Å². The highest BCUT2D eigenvalue weighted by molar-refractivity contribution is 5.29. The molecule has 0 saturated heterocycles. The summed E-state index contributed by atoms with van der Waals surface area (Å²) in [5, 5.41) is 12.4. The fourth-order valence-corrected chi connectivity index (χ4v) is 2.13. The van der Waals surface area contributed by atoms with Crippen LogP contribution in [0.25, 0.3) is 5.69 Å². The molecule has 0 N–H and O–H groups in total. The van der Waals surface area contributed by atoms with Crippen molar-refractivity contribution >= 4 is 0 Å². The van der Waals surface area contributed by atoms with Crippen LogP contribution in [0.2, 0.25) is 0 Å². The Balaban J connectivity index is 1.70. The Hall–Kier alpha value is -2.47. The van der Waals surface area contributed by atoms with Crippen LogP contribution in [0.3, 0.4) is 0 Å². The summed E-state index contributed by atoms with van der Waals surface area (Å²) in [5.74, 6) is 0. The Morgan fingerprint density at radius 3 is 2.76 bits per heavy atom. The molecular formula is C15H17N5O. The van der Waals surface area contributed by atoms with Gasteiger partial charge in [0.25, 0.3) is 0 Å². The van der Waals surface area contributed by atoms with Crippen molar-refractivity contribution < 1.29 is 4.52 Å². The molecule has 21 heavy (non-hydrogen) atoms. The molecule has 0 amide bonds. The Bertz CT molecular complexity index is 677. The molecule has 0 bridgehead atoms. The number of para-hydroxylation sites is 1. The van der Waals surface area contributed by atoms with Gasteiger partial charge in [-0.15, -0.1) is 5.10 Å². The number of benzene rings is 1. The van der Waals surface area contributed by atoms with E-state index in [-0.39, 0.29) is 6.04 Å². The van der Waals surface area contributed by atoms with Gasteiger partial charge in [-0.2, -0.15) is 0 Å². The molecule has 0 spiro atoms. The Morgan fingerprint density at radius 2 is 2.05 bits per heavy atom. The van der Waals surface area contributed by atoms with Gasteiger partial charge in [0.05, 0.1) is 23.6 Å². The molecule has 6 heteroatoms. The van der Waals surface area contributed by atoms with E-state index >= 15 is 0 Å². The standard InChI is InChI=1S/C15H17N5O/c1-12(15-8-9-21-17-15)19(2)10-13-11-20(18-16-13)14-6-4-3-5-7-14/h3-9,11-12H,10H2,1-2H3. The minimum absolute atomic E-state index is 0.158. The summed E-state index contributed by atoms with van der Waals surface area (Å²) >= 11 is 0. The van der Waals surface area contributed by atoms with E-state index in [1.54, 1.807) is 10.9 Å². The lowest BCUT2D eigenvalue weighted by molar-refractivity contribution is 0.238. The molecule has 0 aliphatic carbocycles. The summed E-state index contributed by atoms with van der Waals surface area (Å²) in [6.07, 6.45) is 3.53. The number of rotatable bonds is 5. The average molecular weight is 283 g/mol. The number of hydrogen-bond acceptors (Lipinski definition) is 5. The quantitative estimate of drug-likeness (QED) is 0.720. The molecule has 3 rings (SSSR count). The van der Waals surface area contributed by atoms with E-state index in [4.69, 9.17) is 4.52 Å².